The lowest BCUT2D eigenvalue weighted by atomic mass is 9.97. The molecule has 2 aromatic heterocycles. The molecule has 0 unspecified atom stereocenters. The third-order valence-electron chi connectivity index (χ3n) is 6.38. The van der Waals surface area contributed by atoms with Gasteiger partial charge in [0.05, 0.1) is 36.5 Å². The summed E-state index contributed by atoms with van der Waals surface area (Å²) in [4.78, 5) is 18.5. The predicted octanol–water partition coefficient (Wildman–Crippen LogP) is 4.97. The molecule has 1 aliphatic carbocycles. The maximum atomic E-state index is 13.0. The van der Waals surface area contributed by atoms with Crippen LogP contribution in [0, 0.1) is 11.3 Å². The van der Waals surface area contributed by atoms with E-state index in [1.54, 1.807) is 41.2 Å². The quantitative estimate of drug-likeness (QED) is 0.320. The van der Waals surface area contributed by atoms with E-state index in [2.05, 4.69) is 32.0 Å². The number of fused-ring (bicyclic) bond motifs is 1. The fourth-order valence-corrected chi connectivity index (χ4v) is 5.49. The van der Waals surface area contributed by atoms with Gasteiger partial charge in [-0.3, -0.25) is 10.1 Å². The molecule has 2 heterocycles. The maximum absolute atomic E-state index is 13.0. The smallest absolute Gasteiger partial charge is 0.313 e. The highest BCUT2D eigenvalue weighted by atomic mass is 32.1. The maximum Gasteiger partial charge on any atom is 0.390 e. The molecule has 1 atom stereocenters. The second kappa shape index (κ2) is 11.3. The number of hydrogen-bond donors (Lipinski definition) is 2. The van der Waals surface area contributed by atoms with Gasteiger partial charge in [0.2, 0.25) is 0 Å². The Hall–Kier alpha value is -4.08. The minimum atomic E-state index is -4.17. The van der Waals surface area contributed by atoms with Gasteiger partial charge >= 0.3 is 6.18 Å². The molecule has 0 radical (unpaired) electrons. The monoisotopic (exact) mass is 551 g/mol. The summed E-state index contributed by atoms with van der Waals surface area (Å²) >= 11 is 1.37. The molecule has 39 heavy (non-hydrogen) atoms. The van der Waals surface area contributed by atoms with E-state index in [1.807, 2.05) is 18.2 Å². The Kier molecular flexibility index (Phi) is 7.72. The first-order chi connectivity index (χ1) is 18.8. The highest BCUT2D eigenvalue weighted by Crippen LogP contribution is 2.30. The van der Waals surface area contributed by atoms with E-state index in [-0.39, 0.29) is 18.5 Å². The minimum Gasteiger partial charge on any atom is -0.313 e. The van der Waals surface area contributed by atoms with Gasteiger partial charge in [-0.1, -0.05) is 29.5 Å². The Bertz CT molecular complexity index is 1500. The number of aryl methyl sites for hydroxylation is 1. The van der Waals surface area contributed by atoms with Gasteiger partial charge in [-0.05, 0) is 49.1 Å². The summed E-state index contributed by atoms with van der Waals surface area (Å²) in [5.74, 6) is -0.292. The number of amides is 1. The molecular weight excluding hydrogens is 527 g/mol. The molecule has 5 rings (SSSR count). The Balaban J connectivity index is 1.19. The zero-order valence-corrected chi connectivity index (χ0v) is 21.5. The first kappa shape index (κ1) is 26.5. The number of nitriles is 1. The van der Waals surface area contributed by atoms with E-state index in [0.717, 1.165) is 21.7 Å². The van der Waals surface area contributed by atoms with Gasteiger partial charge in [0, 0.05) is 28.6 Å². The average Bonchev–Trinajstić information content (AvgIpc) is 3.54. The summed E-state index contributed by atoms with van der Waals surface area (Å²) in [6, 6.07) is 16.3. The number of anilines is 1. The normalized spacial score (nSPS) is 15.0. The van der Waals surface area contributed by atoms with Crippen LogP contribution < -0.4 is 10.6 Å². The number of carbonyl (C=O) groups is 1. The summed E-state index contributed by atoms with van der Waals surface area (Å²) in [5.41, 5.74) is 4.33. The summed E-state index contributed by atoms with van der Waals surface area (Å²) in [7, 11) is 0. The summed E-state index contributed by atoms with van der Waals surface area (Å²) in [6.45, 7) is 0.312. The van der Waals surface area contributed by atoms with Crippen LogP contribution in [0.15, 0.2) is 54.7 Å². The lowest BCUT2D eigenvalue weighted by Gasteiger charge is -2.22. The summed E-state index contributed by atoms with van der Waals surface area (Å²) in [6.07, 6.45) is -1.26. The van der Waals surface area contributed by atoms with Crippen molar-refractivity contribution in [3.05, 3.63) is 82.0 Å². The second-order valence-electron chi connectivity index (χ2n) is 9.29. The van der Waals surface area contributed by atoms with Gasteiger partial charge in [-0.15, -0.1) is 16.4 Å². The molecular formula is C27H24F3N7OS. The molecule has 0 saturated carbocycles. The molecule has 4 aromatic rings. The molecule has 200 valence electrons. The number of thiazole rings is 1. The van der Waals surface area contributed by atoms with Crippen molar-refractivity contribution in [1.82, 2.24) is 25.3 Å². The minimum absolute atomic E-state index is 0.0326. The fourth-order valence-electron chi connectivity index (χ4n) is 4.41. The predicted molar refractivity (Wildman–Crippen MR) is 140 cm³/mol. The van der Waals surface area contributed by atoms with Crippen molar-refractivity contribution in [1.29, 1.82) is 5.26 Å². The molecule has 8 nitrogen and oxygen atoms in total. The van der Waals surface area contributed by atoms with E-state index >= 15 is 0 Å². The lowest BCUT2D eigenvalue weighted by molar-refractivity contribution is -0.133. The van der Waals surface area contributed by atoms with Gasteiger partial charge in [0.25, 0.3) is 5.91 Å². The van der Waals surface area contributed by atoms with Crippen LogP contribution >= 0.6 is 11.3 Å². The molecule has 0 aliphatic heterocycles. The van der Waals surface area contributed by atoms with Crippen molar-refractivity contribution in [2.75, 3.05) is 11.9 Å². The van der Waals surface area contributed by atoms with Crippen LogP contribution in [0.5, 0.6) is 0 Å². The van der Waals surface area contributed by atoms with E-state index in [9.17, 15) is 18.0 Å². The van der Waals surface area contributed by atoms with Crippen LogP contribution in [0.3, 0.4) is 0 Å². The van der Waals surface area contributed by atoms with Crippen molar-refractivity contribution in [2.24, 2.45) is 0 Å². The largest absolute Gasteiger partial charge is 0.390 e. The number of nitrogens with one attached hydrogen (secondary N) is 2. The van der Waals surface area contributed by atoms with Crippen LogP contribution in [0.1, 0.15) is 44.9 Å². The molecule has 0 fully saturated rings. The Morgan fingerprint density at radius 3 is 2.79 bits per heavy atom. The molecule has 0 spiro atoms. The summed E-state index contributed by atoms with van der Waals surface area (Å²) < 4.78 is 39.0. The number of alkyl halides is 3. The molecule has 1 amide bonds. The third kappa shape index (κ3) is 6.87. The lowest BCUT2D eigenvalue weighted by Crippen LogP contribution is -2.36. The van der Waals surface area contributed by atoms with Crippen molar-refractivity contribution in [3.63, 3.8) is 0 Å². The van der Waals surface area contributed by atoms with Gasteiger partial charge in [0.15, 0.2) is 5.13 Å². The summed E-state index contributed by atoms with van der Waals surface area (Å²) in [5, 5.41) is 23.7. The highest BCUT2D eigenvalue weighted by molar-refractivity contribution is 7.15. The first-order valence-corrected chi connectivity index (χ1v) is 13.2. The van der Waals surface area contributed by atoms with Gasteiger partial charge in [-0.2, -0.15) is 18.4 Å². The number of halogens is 3. The van der Waals surface area contributed by atoms with Gasteiger partial charge in [-0.25, -0.2) is 9.67 Å². The number of carbonyl (C=O) groups excluding carboxylic acids is 1. The topological polar surface area (TPSA) is 109 Å². The van der Waals surface area contributed by atoms with Crippen LogP contribution in [-0.2, 0) is 19.4 Å². The van der Waals surface area contributed by atoms with Gasteiger partial charge in [0.1, 0.15) is 5.69 Å². The van der Waals surface area contributed by atoms with Crippen molar-refractivity contribution >= 4 is 22.4 Å². The van der Waals surface area contributed by atoms with Crippen molar-refractivity contribution < 1.29 is 18.0 Å². The molecule has 1 aliphatic rings. The Morgan fingerprint density at radius 2 is 2.03 bits per heavy atom. The first-order valence-electron chi connectivity index (χ1n) is 12.4. The van der Waals surface area contributed by atoms with E-state index < -0.39 is 12.6 Å². The van der Waals surface area contributed by atoms with Crippen LogP contribution in [-0.4, -0.2) is 44.6 Å². The highest BCUT2D eigenvalue weighted by Gasteiger charge is 2.28. The number of hydrogen-bond acceptors (Lipinski definition) is 7. The van der Waals surface area contributed by atoms with Crippen LogP contribution in [0.4, 0.5) is 18.3 Å². The van der Waals surface area contributed by atoms with Crippen LogP contribution in [0.25, 0.3) is 11.3 Å². The van der Waals surface area contributed by atoms with E-state index in [4.69, 9.17) is 5.26 Å². The Labute approximate surface area is 226 Å². The molecule has 0 bridgehead atoms. The zero-order valence-electron chi connectivity index (χ0n) is 20.7. The zero-order chi connectivity index (χ0) is 27.4. The average molecular weight is 552 g/mol. The van der Waals surface area contributed by atoms with Crippen molar-refractivity contribution in [2.45, 2.75) is 44.4 Å². The van der Waals surface area contributed by atoms with Crippen LogP contribution in [0.2, 0.25) is 0 Å². The third-order valence-corrected chi connectivity index (χ3v) is 7.42. The molecule has 2 N–H and O–H groups in total. The fraction of sp³-hybridized carbons (Fsp3) is 0.296. The molecule has 12 heteroatoms. The number of nitrogens with zero attached hydrogens (tertiary/aromatic N) is 5. The Morgan fingerprint density at radius 1 is 1.21 bits per heavy atom. The SMILES string of the molecule is N#Cc1ccc(-c2cn(Cc3cccc(C(=O)Nc4nc5c(s4)C[C@@H](NCCC(F)(F)F)CC5)c3)nn2)cc1. The number of benzene rings is 2. The van der Waals surface area contributed by atoms with E-state index in [0.29, 0.717) is 47.8 Å². The van der Waals surface area contributed by atoms with Gasteiger partial charge < -0.3 is 5.32 Å². The standard InChI is InChI=1S/C27H24F3N7OS/c28-27(29,30)10-11-32-21-8-9-22-24(13-21)39-26(33-22)34-25(38)20-3-1-2-18(12-20)15-37-16-23(35-36-37)19-6-4-17(14-31)5-7-19/h1-7,12,16,21,32H,8-11,13,15H2,(H,33,34,38)/t21-/m0/s1. The molecule has 2 aromatic carbocycles. The number of rotatable bonds is 8. The number of aromatic nitrogens is 4. The van der Waals surface area contributed by atoms with E-state index in [1.165, 1.54) is 11.3 Å². The second-order valence-corrected chi connectivity index (χ2v) is 10.4. The van der Waals surface area contributed by atoms with Crippen molar-refractivity contribution in [3.8, 4) is 17.3 Å². The molecule has 0 saturated heterocycles.